The summed E-state index contributed by atoms with van der Waals surface area (Å²) in [4.78, 5) is 15.1. The van der Waals surface area contributed by atoms with Gasteiger partial charge in [-0.1, -0.05) is 72.8 Å². The molecule has 5 heterocycles. The van der Waals surface area contributed by atoms with Crippen molar-refractivity contribution in [3.63, 3.8) is 0 Å². The maximum Gasteiger partial charge on any atom is 0.255 e. The highest BCUT2D eigenvalue weighted by Gasteiger charge is 2.22. The molecule has 6 aromatic carbocycles. The molecule has 11 rings (SSSR count). The van der Waals surface area contributed by atoms with Crippen molar-refractivity contribution in [1.82, 2.24) is 20.2 Å². The summed E-state index contributed by atoms with van der Waals surface area (Å²) >= 11 is 1.56. The first kappa shape index (κ1) is 29.6. The third-order valence-electron chi connectivity index (χ3n) is 9.64. The topological polar surface area (TPSA) is 84.3 Å². The van der Waals surface area contributed by atoms with Gasteiger partial charge in [-0.15, -0.1) is 21.5 Å². The second-order valence-corrected chi connectivity index (χ2v) is 13.8. The minimum absolute atomic E-state index is 0.467. The molecule has 0 bridgehead atoms. The highest BCUT2D eigenvalue weighted by Crippen LogP contribution is 2.42. The second kappa shape index (κ2) is 11.7. The predicted molar refractivity (Wildman–Crippen MR) is 214 cm³/mol. The van der Waals surface area contributed by atoms with E-state index in [0.717, 1.165) is 87.4 Å². The standard InChI is InChI=1S/C44H26N6O2S/c1-3-11-27(12-4-1)49(29-19-21-38-34(23-29)32-15-7-9-17-36(32)51-38)31-25-40-41(45-26-31)42-43(53-40)46-44(48-47-42)50(28-13-5-2-6-14-28)30-20-22-39-35(24-30)33-16-8-10-18-37(33)52-39/h1-26H. The molecule has 0 aliphatic heterocycles. The zero-order valence-corrected chi connectivity index (χ0v) is 28.7. The van der Waals surface area contributed by atoms with Crippen LogP contribution in [0.15, 0.2) is 167 Å². The zero-order valence-electron chi connectivity index (χ0n) is 27.9. The van der Waals surface area contributed by atoms with E-state index in [1.807, 2.05) is 114 Å². The quantitative estimate of drug-likeness (QED) is 0.169. The lowest BCUT2D eigenvalue weighted by Gasteiger charge is -2.25. The molecule has 0 aliphatic rings. The van der Waals surface area contributed by atoms with Crippen molar-refractivity contribution < 1.29 is 8.83 Å². The van der Waals surface area contributed by atoms with Gasteiger partial charge in [0.1, 0.15) is 33.4 Å². The largest absolute Gasteiger partial charge is 0.456 e. The SMILES string of the molecule is c1ccc(N(c2cnc3c(c2)sc2nc(N(c4ccccc4)c4ccc5oc6ccccc6c5c4)nnc23)c2ccc3oc4ccccc4c3c2)cc1. The number of anilines is 6. The van der Waals surface area contributed by atoms with Crippen LogP contribution in [0, 0.1) is 0 Å². The van der Waals surface area contributed by atoms with Crippen molar-refractivity contribution >= 4 is 110 Å². The normalized spacial score (nSPS) is 11.8. The van der Waals surface area contributed by atoms with Crippen LogP contribution in [0.5, 0.6) is 0 Å². The molecule has 9 heteroatoms. The number of para-hydroxylation sites is 4. The molecule has 8 nitrogen and oxygen atoms in total. The maximum atomic E-state index is 6.15. The molecular formula is C44H26N6O2S. The summed E-state index contributed by atoms with van der Waals surface area (Å²) in [5.41, 5.74) is 9.59. The van der Waals surface area contributed by atoms with E-state index in [0.29, 0.717) is 11.5 Å². The molecule has 0 radical (unpaired) electrons. The summed E-state index contributed by atoms with van der Waals surface area (Å²) in [6.45, 7) is 0. The first-order valence-corrected chi connectivity index (χ1v) is 18.0. The van der Waals surface area contributed by atoms with Gasteiger partial charge in [0.25, 0.3) is 5.95 Å². The Labute approximate surface area is 305 Å². The maximum absolute atomic E-state index is 6.15. The number of rotatable bonds is 6. The first-order valence-electron chi connectivity index (χ1n) is 17.2. The Morgan fingerprint density at radius 1 is 0.434 bits per heavy atom. The van der Waals surface area contributed by atoms with Crippen LogP contribution in [0.25, 0.3) is 64.4 Å². The molecule has 0 N–H and O–H groups in total. The van der Waals surface area contributed by atoms with Crippen LogP contribution in [-0.2, 0) is 0 Å². The van der Waals surface area contributed by atoms with E-state index in [2.05, 4.69) is 53.4 Å². The highest BCUT2D eigenvalue weighted by atomic mass is 32.1. The van der Waals surface area contributed by atoms with Crippen LogP contribution < -0.4 is 9.80 Å². The van der Waals surface area contributed by atoms with Gasteiger partial charge in [-0.05, 0) is 78.9 Å². The van der Waals surface area contributed by atoms with Gasteiger partial charge < -0.3 is 13.7 Å². The Balaban J connectivity index is 1.04. The van der Waals surface area contributed by atoms with Crippen molar-refractivity contribution in [2.75, 3.05) is 9.80 Å². The number of nitrogens with zero attached hydrogens (tertiary/aromatic N) is 6. The molecule has 0 saturated carbocycles. The predicted octanol–water partition coefficient (Wildman–Crippen LogP) is 12.4. The van der Waals surface area contributed by atoms with Gasteiger partial charge in [0.2, 0.25) is 0 Å². The number of furan rings is 2. The summed E-state index contributed by atoms with van der Waals surface area (Å²) < 4.78 is 13.2. The van der Waals surface area contributed by atoms with Gasteiger partial charge in [0, 0.05) is 38.6 Å². The van der Waals surface area contributed by atoms with Crippen LogP contribution in [0.4, 0.5) is 34.4 Å². The van der Waals surface area contributed by atoms with Crippen LogP contribution >= 0.6 is 11.3 Å². The smallest absolute Gasteiger partial charge is 0.255 e. The van der Waals surface area contributed by atoms with E-state index in [1.165, 1.54) is 0 Å². The fraction of sp³-hybridized carbons (Fsp3) is 0. The van der Waals surface area contributed by atoms with Crippen LogP contribution in [-0.4, -0.2) is 20.2 Å². The van der Waals surface area contributed by atoms with Crippen molar-refractivity contribution in [2.45, 2.75) is 0 Å². The minimum atomic E-state index is 0.467. The Hall–Kier alpha value is -7.10. The Bertz CT molecular complexity index is 2940. The van der Waals surface area contributed by atoms with E-state index in [1.54, 1.807) is 11.3 Å². The van der Waals surface area contributed by atoms with Crippen LogP contribution in [0.2, 0.25) is 0 Å². The Kier molecular flexibility index (Phi) is 6.55. The lowest BCUT2D eigenvalue weighted by Crippen LogP contribution is -2.13. The molecule has 11 aromatic rings. The number of thiophene rings is 1. The van der Waals surface area contributed by atoms with Gasteiger partial charge in [-0.2, -0.15) is 4.98 Å². The molecule has 0 spiro atoms. The molecule has 0 aliphatic carbocycles. The lowest BCUT2D eigenvalue weighted by atomic mass is 10.1. The average Bonchev–Trinajstić information content (AvgIpc) is 3.89. The van der Waals surface area contributed by atoms with Crippen LogP contribution in [0.3, 0.4) is 0 Å². The number of pyridine rings is 1. The van der Waals surface area contributed by atoms with E-state index in [9.17, 15) is 0 Å². The molecule has 5 aromatic heterocycles. The number of benzene rings is 6. The molecular weight excluding hydrogens is 677 g/mol. The average molecular weight is 703 g/mol. The van der Waals surface area contributed by atoms with Gasteiger partial charge >= 0.3 is 0 Å². The molecule has 0 atom stereocenters. The van der Waals surface area contributed by atoms with E-state index in [4.69, 9.17) is 29.0 Å². The van der Waals surface area contributed by atoms with Gasteiger partial charge in [-0.3, -0.25) is 9.88 Å². The van der Waals surface area contributed by atoms with Crippen molar-refractivity contribution in [1.29, 1.82) is 0 Å². The summed E-state index contributed by atoms with van der Waals surface area (Å²) in [6, 6.07) is 51.3. The van der Waals surface area contributed by atoms with E-state index in [-0.39, 0.29) is 0 Å². The van der Waals surface area contributed by atoms with E-state index < -0.39 is 0 Å². The third-order valence-corrected chi connectivity index (χ3v) is 10.6. The number of fused-ring (bicyclic) bond motifs is 9. The van der Waals surface area contributed by atoms with Gasteiger partial charge in [-0.25, -0.2) is 0 Å². The molecule has 0 unspecified atom stereocenters. The van der Waals surface area contributed by atoms with Crippen molar-refractivity contribution in [3.8, 4) is 0 Å². The fourth-order valence-electron chi connectivity index (χ4n) is 7.22. The van der Waals surface area contributed by atoms with Crippen molar-refractivity contribution in [2.24, 2.45) is 0 Å². The molecule has 0 saturated heterocycles. The molecule has 0 fully saturated rings. The summed E-state index contributed by atoms with van der Waals surface area (Å²) in [7, 11) is 0. The Morgan fingerprint density at radius 2 is 0.981 bits per heavy atom. The van der Waals surface area contributed by atoms with Crippen molar-refractivity contribution in [3.05, 3.63) is 158 Å². The molecule has 53 heavy (non-hydrogen) atoms. The summed E-state index contributed by atoms with van der Waals surface area (Å²) in [5, 5.41) is 13.7. The summed E-state index contributed by atoms with van der Waals surface area (Å²) in [6.07, 6.45) is 1.90. The molecule has 0 amide bonds. The van der Waals surface area contributed by atoms with Gasteiger partial charge in [0.15, 0.2) is 4.83 Å². The fourth-order valence-corrected chi connectivity index (χ4v) is 8.22. The van der Waals surface area contributed by atoms with Crippen LogP contribution in [0.1, 0.15) is 0 Å². The summed E-state index contributed by atoms with van der Waals surface area (Å²) in [5.74, 6) is 0.467. The highest BCUT2D eigenvalue weighted by molar-refractivity contribution is 7.25. The number of hydrogen-bond donors (Lipinski definition) is 0. The van der Waals surface area contributed by atoms with Gasteiger partial charge in [0.05, 0.1) is 22.3 Å². The zero-order chi connectivity index (χ0) is 34.9. The number of hydrogen-bond acceptors (Lipinski definition) is 9. The third kappa shape index (κ3) is 4.82. The van der Waals surface area contributed by atoms with E-state index >= 15 is 0 Å². The lowest BCUT2D eigenvalue weighted by molar-refractivity contribution is 0.668. The first-order chi connectivity index (χ1) is 26.2. The Morgan fingerprint density at radius 3 is 1.62 bits per heavy atom. The monoisotopic (exact) mass is 702 g/mol. The minimum Gasteiger partial charge on any atom is -0.456 e. The number of aromatic nitrogens is 4. The molecule has 250 valence electrons. The second-order valence-electron chi connectivity index (χ2n) is 12.8.